The third-order valence-electron chi connectivity index (χ3n) is 3.74. The number of carboxylic acids is 1. The fraction of sp³-hybridized carbons (Fsp3) is 0.857. The molecule has 1 rings (SSSR count). The fourth-order valence-corrected chi connectivity index (χ4v) is 3.34. The Hall–Kier alpha value is -0.910. The zero-order valence-corrected chi connectivity index (χ0v) is 13.2. The number of amides is 2. The van der Waals surface area contributed by atoms with Gasteiger partial charge in [0.15, 0.2) is 0 Å². The van der Waals surface area contributed by atoms with E-state index in [0.717, 1.165) is 31.4 Å². The Labute approximate surface area is 125 Å². The zero-order valence-electron chi connectivity index (χ0n) is 12.4. The molecule has 0 radical (unpaired) electrons. The highest BCUT2D eigenvalue weighted by atomic mass is 32.2. The first-order valence-corrected chi connectivity index (χ1v) is 8.70. The molecule has 0 saturated heterocycles. The molecule has 2 atom stereocenters. The van der Waals surface area contributed by atoms with Crippen molar-refractivity contribution in [3.63, 3.8) is 0 Å². The summed E-state index contributed by atoms with van der Waals surface area (Å²) in [6.07, 6.45) is 7.09. The number of nitrogens with one attached hydrogen (secondary N) is 2. The highest BCUT2D eigenvalue weighted by Crippen LogP contribution is 2.26. The molecular formula is C14H26N2O3S. The molecule has 2 amide bonds. The summed E-state index contributed by atoms with van der Waals surface area (Å²) in [7, 11) is 0. The van der Waals surface area contributed by atoms with Gasteiger partial charge in [-0.05, 0) is 36.7 Å². The molecule has 20 heavy (non-hydrogen) atoms. The second kappa shape index (κ2) is 9.10. The maximum absolute atomic E-state index is 11.8. The number of carbonyl (C=O) groups is 2. The smallest absolute Gasteiger partial charge is 0.326 e. The number of carbonyl (C=O) groups excluding carboxylic acids is 1. The number of carboxylic acid groups (broad SMARTS) is 1. The van der Waals surface area contributed by atoms with Gasteiger partial charge in [-0.15, -0.1) is 0 Å². The van der Waals surface area contributed by atoms with Gasteiger partial charge in [0.2, 0.25) is 0 Å². The van der Waals surface area contributed by atoms with Gasteiger partial charge in [-0.3, -0.25) is 0 Å². The van der Waals surface area contributed by atoms with Gasteiger partial charge in [0.05, 0.1) is 0 Å². The molecule has 1 saturated carbocycles. The molecule has 0 aromatic heterocycles. The van der Waals surface area contributed by atoms with Crippen LogP contribution >= 0.6 is 11.8 Å². The summed E-state index contributed by atoms with van der Waals surface area (Å²) in [5.74, 6) is 0.499. The molecule has 1 aliphatic carbocycles. The van der Waals surface area contributed by atoms with Gasteiger partial charge in [-0.2, -0.15) is 11.8 Å². The van der Waals surface area contributed by atoms with Gasteiger partial charge in [-0.25, -0.2) is 9.59 Å². The number of hydrogen-bond donors (Lipinski definition) is 3. The largest absolute Gasteiger partial charge is 0.480 e. The second-order valence-corrected chi connectivity index (χ2v) is 6.54. The lowest BCUT2D eigenvalue weighted by atomic mass is 9.84. The number of hydrogen-bond acceptors (Lipinski definition) is 3. The monoisotopic (exact) mass is 302 g/mol. The molecule has 5 nitrogen and oxygen atoms in total. The quantitative estimate of drug-likeness (QED) is 0.674. The molecular weight excluding hydrogens is 276 g/mol. The van der Waals surface area contributed by atoms with Crippen LogP contribution in [0.25, 0.3) is 0 Å². The van der Waals surface area contributed by atoms with Gasteiger partial charge >= 0.3 is 12.0 Å². The first-order chi connectivity index (χ1) is 9.54. The van der Waals surface area contributed by atoms with Crippen LogP contribution in [-0.2, 0) is 4.79 Å². The molecule has 0 bridgehead atoms. The number of thioether (sulfide) groups is 1. The van der Waals surface area contributed by atoms with Crippen molar-refractivity contribution in [2.45, 2.75) is 45.1 Å². The molecule has 0 aromatic carbocycles. The van der Waals surface area contributed by atoms with E-state index in [1.165, 1.54) is 6.42 Å². The van der Waals surface area contributed by atoms with Crippen molar-refractivity contribution in [1.82, 2.24) is 10.6 Å². The Morgan fingerprint density at radius 3 is 2.50 bits per heavy atom. The van der Waals surface area contributed by atoms with Gasteiger partial charge in [-0.1, -0.05) is 26.2 Å². The third kappa shape index (κ3) is 6.03. The Morgan fingerprint density at radius 2 is 1.95 bits per heavy atom. The molecule has 116 valence electrons. The maximum atomic E-state index is 11.8. The highest BCUT2D eigenvalue weighted by molar-refractivity contribution is 7.98. The lowest BCUT2D eigenvalue weighted by Crippen LogP contribution is -2.50. The summed E-state index contributed by atoms with van der Waals surface area (Å²) in [5, 5.41) is 14.7. The first-order valence-electron chi connectivity index (χ1n) is 7.30. The molecule has 0 heterocycles. The molecule has 0 aromatic rings. The molecule has 2 unspecified atom stereocenters. The lowest BCUT2D eigenvalue weighted by Gasteiger charge is -2.28. The Bertz CT molecular complexity index is 320. The van der Waals surface area contributed by atoms with E-state index in [2.05, 4.69) is 17.6 Å². The van der Waals surface area contributed by atoms with Gasteiger partial charge in [0, 0.05) is 6.54 Å². The van der Waals surface area contributed by atoms with Crippen LogP contribution in [0.2, 0.25) is 0 Å². The van der Waals surface area contributed by atoms with E-state index in [0.29, 0.717) is 12.5 Å². The van der Waals surface area contributed by atoms with E-state index in [-0.39, 0.29) is 11.9 Å². The number of urea groups is 1. The lowest BCUT2D eigenvalue weighted by molar-refractivity contribution is -0.141. The van der Waals surface area contributed by atoms with Gasteiger partial charge < -0.3 is 15.7 Å². The van der Waals surface area contributed by atoms with Crippen molar-refractivity contribution < 1.29 is 14.7 Å². The van der Waals surface area contributed by atoms with Crippen molar-refractivity contribution in [2.24, 2.45) is 11.8 Å². The maximum Gasteiger partial charge on any atom is 0.326 e. The highest BCUT2D eigenvalue weighted by Gasteiger charge is 2.30. The minimum Gasteiger partial charge on any atom is -0.480 e. The number of rotatable bonds is 7. The SMILES string of the molecule is CSCC(C)CNC(=O)NC(C(=O)O)C1CCCCC1. The van der Waals surface area contributed by atoms with Gasteiger partial charge in [0.25, 0.3) is 0 Å². The summed E-state index contributed by atoms with van der Waals surface area (Å²) in [5.41, 5.74) is 0. The third-order valence-corrected chi connectivity index (χ3v) is 4.64. The van der Waals surface area contributed by atoms with Crippen LogP contribution in [0.3, 0.4) is 0 Å². The van der Waals surface area contributed by atoms with Crippen LogP contribution < -0.4 is 10.6 Å². The van der Waals surface area contributed by atoms with Crippen molar-refractivity contribution in [3.05, 3.63) is 0 Å². The average Bonchev–Trinajstić information content (AvgIpc) is 2.43. The van der Waals surface area contributed by atoms with Crippen molar-refractivity contribution in [2.75, 3.05) is 18.6 Å². The summed E-state index contributed by atoms with van der Waals surface area (Å²) < 4.78 is 0. The van der Waals surface area contributed by atoms with Crippen LogP contribution in [0.5, 0.6) is 0 Å². The van der Waals surface area contributed by atoms with Crippen LogP contribution in [0, 0.1) is 11.8 Å². The predicted molar refractivity (Wildman–Crippen MR) is 82.1 cm³/mol. The van der Waals surface area contributed by atoms with Crippen LogP contribution in [0.1, 0.15) is 39.0 Å². The average molecular weight is 302 g/mol. The molecule has 1 aliphatic rings. The zero-order chi connectivity index (χ0) is 15.0. The second-order valence-electron chi connectivity index (χ2n) is 5.63. The van der Waals surface area contributed by atoms with Crippen molar-refractivity contribution in [3.8, 4) is 0 Å². The van der Waals surface area contributed by atoms with E-state index in [4.69, 9.17) is 0 Å². The van der Waals surface area contributed by atoms with E-state index < -0.39 is 12.0 Å². The molecule has 6 heteroatoms. The fourth-order valence-electron chi connectivity index (χ4n) is 2.65. The standard InChI is InChI=1S/C14H26N2O3S/c1-10(9-20-2)8-15-14(19)16-12(13(17)18)11-6-4-3-5-7-11/h10-12H,3-9H2,1-2H3,(H,17,18)(H2,15,16,19). The Balaban J connectivity index is 2.40. The summed E-state index contributed by atoms with van der Waals surface area (Å²) in [6, 6.07) is -1.12. The Kier molecular flexibility index (Phi) is 7.80. The van der Waals surface area contributed by atoms with E-state index in [1.807, 2.05) is 6.26 Å². The predicted octanol–water partition coefficient (Wildman–Crippen LogP) is 2.32. The Morgan fingerprint density at radius 1 is 1.30 bits per heavy atom. The van der Waals surface area contributed by atoms with Crippen molar-refractivity contribution >= 4 is 23.8 Å². The van der Waals surface area contributed by atoms with E-state index >= 15 is 0 Å². The van der Waals surface area contributed by atoms with E-state index in [9.17, 15) is 14.7 Å². The summed E-state index contributed by atoms with van der Waals surface area (Å²) in [4.78, 5) is 23.1. The first kappa shape index (κ1) is 17.1. The van der Waals surface area contributed by atoms with Crippen molar-refractivity contribution in [1.29, 1.82) is 0 Å². The van der Waals surface area contributed by atoms with Crippen LogP contribution in [0.15, 0.2) is 0 Å². The minimum absolute atomic E-state index is 0.0654. The molecule has 0 spiro atoms. The summed E-state index contributed by atoms with van der Waals surface area (Å²) >= 11 is 1.74. The molecule has 0 aliphatic heterocycles. The number of aliphatic carboxylic acids is 1. The van der Waals surface area contributed by atoms with Crippen LogP contribution in [0.4, 0.5) is 4.79 Å². The van der Waals surface area contributed by atoms with Gasteiger partial charge in [0.1, 0.15) is 6.04 Å². The summed E-state index contributed by atoms with van der Waals surface area (Å²) in [6.45, 7) is 2.64. The molecule has 3 N–H and O–H groups in total. The van der Waals surface area contributed by atoms with E-state index in [1.54, 1.807) is 11.8 Å². The van der Waals surface area contributed by atoms with Crippen LogP contribution in [-0.4, -0.2) is 41.7 Å². The normalized spacial score (nSPS) is 19.1. The topological polar surface area (TPSA) is 78.4 Å². The molecule has 1 fully saturated rings. The minimum atomic E-state index is -0.927.